The normalized spacial score (nSPS) is 10.8. The molecule has 0 fully saturated rings. The van der Waals surface area contributed by atoms with Crippen LogP contribution in [0, 0.1) is 25.2 Å². The zero-order chi connectivity index (χ0) is 18.4. The van der Waals surface area contributed by atoms with E-state index < -0.39 is 5.91 Å². The fourth-order valence-corrected chi connectivity index (χ4v) is 2.47. The predicted molar refractivity (Wildman–Crippen MR) is 97.7 cm³/mol. The van der Waals surface area contributed by atoms with E-state index in [2.05, 4.69) is 5.32 Å². The zero-order valence-corrected chi connectivity index (χ0v) is 14.7. The van der Waals surface area contributed by atoms with Gasteiger partial charge in [0.1, 0.15) is 11.6 Å². The third-order valence-electron chi connectivity index (χ3n) is 3.73. The van der Waals surface area contributed by atoms with Crippen molar-refractivity contribution in [1.29, 1.82) is 5.26 Å². The van der Waals surface area contributed by atoms with E-state index in [1.54, 1.807) is 18.2 Å². The molecule has 1 amide bonds. The number of nitrogens with one attached hydrogen (secondary N) is 1. The maximum Gasteiger partial charge on any atom is 0.266 e. The van der Waals surface area contributed by atoms with Gasteiger partial charge in [0.25, 0.3) is 5.91 Å². The van der Waals surface area contributed by atoms with E-state index in [1.807, 2.05) is 38.1 Å². The van der Waals surface area contributed by atoms with Crippen LogP contribution in [0.1, 0.15) is 16.7 Å². The molecule has 2 rings (SSSR count). The average molecular weight is 336 g/mol. The summed E-state index contributed by atoms with van der Waals surface area (Å²) in [6.45, 7) is 3.89. The summed E-state index contributed by atoms with van der Waals surface area (Å²) in [5.41, 5.74) is 3.28. The summed E-state index contributed by atoms with van der Waals surface area (Å²) in [5, 5.41) is 12.2. The number of nitriles is 1. The van der Waals surface area contributed by atoms with E-state index in [1.165, 1.54) is 20.3 Å². The van der Waals surface area contributed by atoms with Gasteiger partial charge < -0.3 is 14.8 Å². The molecule has 25 heavy (non-hydrogen) atoms. The van der Waals surface area contributed by atoms with E-state index in [0.29, 0.717) is 22.7 Å². The first kappa shape index (κ1) is 18.1. The van der Waals surface area contributed by atoms with Crippen molar-refractivity contribution in [2.45, 2.75) is 13.8 Å². The van der Waals surface area contributed by atoms with Crippen molar-refractivity contribution in [3.05, 3.63) is 58.7 Å². The van der Waals surface area contributed by atoms with Gasteiger partial charge in [0.05, 0.1) is 14.2 Å². The Bertz CT molecular complexity index is 864. The Balaban J connectivity index is 2.35. The van der Waals surface area contributed by atoms with Gasteiger partial charge >= 0.3 is 0 Å². The Labute approximate surface area is 147 Å². The van der Waals surface area contributed by atoms with Gasteiger partial charge in [0, 0.05) is 11.3 Å². The lowest BCUT2D eigenvalue weighted by molar-refractivity contribution is -0.112. The van der Waals surface area contributed by atoms with Crippen molar-refractivity contribution in [3.63, 3.8) is 0 Å². The van der Waals surface area contributed by atoms with Crippen LogP contribution in [0.5, 0.6) is 11.5 Å². The number of rotatable bonds is 5. The Hall–Kier alpha value is -3.26. The van der Waals surface area contributed by atoms with Gasteiger partial charge in [-0.25, -0.2) is 0 Å². The lowest BCUT2D eigenvalue weighted by atomic mass is 10.1. The first-order valence-electron chi connectivity index (χ1n) is 7.71. The highest BCUT2D eigenvalue weighted by molar-refractivity contribution is 6.10. The predicted octanol–water partition coefficient (Wildman–Crippen LogP) is 3.87. The van der Waals surface area contributed by atoms with Gasteiger partial charge in [-0.15, -0.1) is 0 Å². The van der Waals surface area contributed by atoms with Gasteiger partial charge in [-0.05, 0) is 37.6 Å². The average Bonchev–Trinajstić information content (AvgIpc) is 2.61. The number of ether oxygens (including phenoxy) is 2. The summed E-state index contributed by atoms with van der Waals surface area (Å²) < 4.78 is 10.6. The van der Waals surface area contributed by atoms with Gasteiger partial charge in [-0.3, -0.25) is 4.79 Å². The fourth-order valence-electron chi connectivity index (χ4n) is 2.47. The second-order valence-corrected chi connectivity index (χ2v) is 5.53. The van der Waals surface area contributed by atoms with Crippen LogP contribution in [-0.4, -0.2) is 20.1 Å². The molecule has 0 aliphatic heterocycles. The second kappa shape index (κ2) is 8.02. The van der Waals surface area contributed by atoms with Crippen LogP contribution in [0.2, 0.25) is 0 Å². The molecule has 0 radical (unpaired) electrons. The highest BCUT2D eigenvalue weighted by atomic mass is 16.5. The van der Waals surface area contributed by atoms with E-state index in [0.717, 1.165) is 11.1 Å². The van der Waals surface area contributed by atoms with Crippen molar-refractivity contribution in [2.24, 2.45) is 0 Å². The van der Waals surface area contributed by atoms with Crippen LogP contribution < -0.4 is 14.8 Å². The Morgan fingerprint density at radius 2 is 1.92 bits per heavy atom. The molecule has 0 bridgehead atoms. The highest BCUT2D eigenvalue weighted by Gasteiger charge is 2.14. The van der Waals surface area contributed by atoms with Crippen LogP contribution in [0.25, 0.3) is 6.08 Å². The van der Waals surface area contributed by atoms with Crippen molar-refractivity contribution in [3.8, 4) is 17.6 Å². The molecular formula is C20H20N2O3. The standard InChI is InChI=1S/C20H20N2O3/c1-13-8-9-17(14(2)10-13)22-20(23)16(12-21)11-15-6-5-7-18(24-3)19(15)25-4/h5-11H,1-4H3,(H,22,23)/b16-11+. The van der Waals surface area contributed by atoms with E-state index in [9.17, 15) is 10.1 Å². The molecule has 0 spiro atoms. The minimum Gasteiger partial charge on any atom is -0.493 e. The number of anilines is 1. The quantitative estimate of drug-likeness (QED) is 0.665. The number of hydrogen-bond acceptors (Lipinski definition) is 4. The number of benzene rings is 2. The lowest BCUT2D eigenvalue weighted by Crippen LogP contribution is -2.14. The topological polar surface area (TPSA) is 71.3 Å². The largest absolute Gasteiger partial charge is 0.493 e. The summed E-state index contributed by atoms with van der Waals surface area (Å²) in [6, 6.07) is 12.9. The van der Waals surface area contributed by atoms with Gasteiger partial charge in [0.15, 0.2) is 11.5 Å². The molecule has 0 aliphatic rings. The lowest BCUT2D eigenvalue weighted by Gasteiger charge is -2.11. The molecule has 0 aliphatic carbocycles. The third kappa shape index (κ3) is 4.18. The van der Waals surface area contributed by atoms with Crippen molar-refractivity contribution >= 4 is 17.7 Å². The second-order valence-electron chi connectivity index (χ2n) is 5.53. The minimum atomic E-state index is -0.473. The SMILES string of the molecule is COc1cccc(/C=C(\C#N)C(=O)Nc2ccc(C)cc2C)c1OC. The first-order valence-corrected chi connectivity index (χ1v) is 7.71. The number of para-hydroxylation sites is 1. The monoisotopic (exact) mass is 336 g/mol. The number of hydrogen-bond donors (Lipinski definition) is 1. The number of carbonyl (C=O) groups excluding carboxylic acids is 1. The molecular weight excluding hydrogens is 316 g/mol. The smallest absolute Gasteiger partial charge is 0.266 e. The van der Waals surface area contributed by atoms with Crippen molar-refractivity contribution in [2.75, 3.05) is 19.5 Å². The molecule has 0 saturated carbocycles. The van der Waals surface area contributed by atoms with E-state index in [4.69, 9.17) is 9.47 Å². The maximum atomic E-state index is 12.5. The number of aryl methyl sites for hydroxylation is 2. The minimum absolute atomic E-state index is 0.0217. The Morgan fingerprint density at radius 1 is 1.16 bits per heavy atom. The number of carbonyl (C=O) groups is 1. The molecule has 0 aromatic heterocycles. The zero-order valence-electron chi connectivity index (χ0n) is 14.7. The fraction of sp³-hybridized carbons (Fsp3) is 0.200. The van der Waals surface area contributed by atoms with Crippen LogP contribution in [0.15, 0.2) is 42.0 Å². The molecule has 128 valence electrons. The van der Waals surface area contributed by atoms with Crippen LogP contribution in [0.3, 0.4) is 0 Å². The number of methoxy groups -OCH3 is 2. The molecule has 1 N–H and O–H groups in total. The summed E-state index contributed by atoms with van der Waals surface area (Å²) in [4.78, 5) is 12.5. The molecule has 0 atom stereocenters. The van der Waals surface area contributed by atoms with E-state index in [-0.39, 0.29) is 5.57 Å². The molecule has 5 heteroatoms. The number of nitrogens with zero attached hydrogens (tertiary/aromatic N) is 1. The number of amides is 1. The maximum absolute atomic E-state index is 12.5. The van der Waals surface area contributed by atoms with Gasteiger partial charge in [-0.1, -0.05) is 29.8 Å². The third-order valence-corrected chi connectivity index (χ3v) is 3.73. The molecule has 5 nitrogen and oxygen atoms in total. The van der Waals surface area contributed by atoms with Crippen molar-refractivity contribution in [1.82, 2.24) is 0 Å². The Morgan fingerprint density at radius 3 is 2.52 bits per heavy atom. The molecule has 2 aromatic rings. The summed E-state index contributed by atoms with van der Waals surface area (Å²) in [5.74, 6) is 0.528. The molecule has 2 aromatic carbocycles. The van der Waals surface area contributed by atoms with Crippen LogP contribution in [-0.2, 0) is 4.79 Å². The summed E-state index contributed by atoms with van der Waals surface area (Å²) >= 11 is 0. The molecule has 0 heterocycles. The van der Waals surface area contributed by atoms with Crippen LogP contribution >= 0.6 is 0 Å². The summed E-state index contributed by atoms with van der Waals surface area (Å²) in [6.07, 6.45) is 1.49. The molecule has 0 unspecified atom stereocenters. The van der Waals surface area contributed by atoms with Gasteiger partial charge in [-0.2, -0.15) is 5.26 Å². The van der Waals surface area contributed by atoms with Gasteiger partial charge in [0.2, 0.25) is 0 Å². The van der Waals surface area contributed by atoms with Crippen molar-refractivity contribution < 1.29 is 14.3 Å². The first-order chi connectivity index (χ1) is 12.0. The van der Waals surface area contributed by atoms with E-state index >= 15 is 0 Å². The van der Waals surface area contributed by atoms with Crippen LogP contribution in [0.4, 0.5) is 5.69 Å². The highest BCUT2D eigenvalue weighted by Crippen LogP contribution is 2.32. The summed E-state index contributed by atoms with van der Waals surface area (Å²) in [7, 11) is 3.04. The molecule has 0 saturated heterocycles. The Kier molecular flexibility index (Phi) is 5.80.